The lowest BCUT2D eigenvalue weighted by Crippen LogP contribution is -2.45. The number of rotatable bonds is 50. The van der Waals surface area contributed by atoms with E-state index in [-0.39, 0.29) is 12.5 Å². The van der Waals surface area contributed by atoms with E-state index in [9.17, 15) is 15.0 Å². The summed E-state index contributed by atoms with van der Waals surface area (Å²) in [6.45, 7) is 4.29. The molecule has 2 unspecified atom stereocenters. The summed E-state index contributed by atoms with van der Waals surface area (Å²) in [5.41, 5.74) is 0. The van der Waals surface area contributed by atoms with Gasteiger partial charge < -0.3 is 15.5 Å². The molecule has 2 atom stereocenters. The number of amides is 1. The van der Waals surface area contributed by atoms with Crippen molar-refractivity contribution < 1.29 is 15.0 Å². The Labute approximate surface area is 387 Å². The van der Waals surface area contributed by atoms with Crippen LogP contribution in [0.5, 0.6) is 0 Å². The molecule has 0 aromatic rings. The quantitative estimate of drug-likeness (QED) is 0.0421. The van der Waals surface area contributed by atoms with Gasteiger partial charge in [0, 0.05) is 6.42 Å². The van der Waals surface area contributed by atoms with Gasteiger partial charge in [0.25, 0.3) is 0 Å². The Morgan fingerprint density at radius 3 is 1.05 bits per heavy atom. The molecule has 4 nitrogen and oxygen atoms in total. The van der Waals surface area contributed by atoms with E-state index in [1.165, 1.54) is 212 Å². The highest BCUT2D eigenvalue weighted by atomic mass is 16.3. The summed E-state index contributed by atoms with van der Waals surface area (Å²) >= 11 is 0. The zero-order valence-electron chi connectivity index (χ0n) is 41.6. The fourth-order valence-corrected chi connectivity index (χ4v) is 8.24. The highest BCUT2D eigenvalue weighted by Gasteiger charge is 2.17. The Hall–Kier alpha value is -1.91. The molecule has 0 aromatic carbocycles. The van der Waals surface area contributed by atoms with E-state index in [1.807, 2.05) is 6.08 Å². The molecule has 62 heavy (non-hydrogen) atoms. The number of nitrogens with one attached hydrogen (secondary N) is 1. The largest absolute Gasteiger partial charge is 0.394 e. The fourth-order valence-electron chi connectivity index (χ4n) is 8.24. The first kappa shape index (κ1) is 60.1. The average Bonchev–Trinajstić information content (AvgIpc) is 3.28. The molecule has 0 aliphatic carbocycles. The molecule has 0 rings (SSSR count). The van der Waals surface area contributed by atoms with E-state index < -0.39 is 12.1 Å². The summed E-state index contributed by atoms with van der Waals surface area (Å²) in [5, 5.41) is 23.1. The number of unbranched alkanes of at least 4 members (excludes halogenated alkanes) is 35. The van der Waals surface area contributed by atoms with E-state index in [4.69, 9.17) is 0 Å². The molecule has 1 amide bonds. The number of aliphatic hydroxyl groups excluding tert-OH is 2. The summed E-state index contributed by atoms with van der Waals surface area (Å²) in [5.74, 6) is -0.0855. The molecule has 0 spiro atoms. The molecule has 4 heteroatoms. The maximum absolute atomic E-state index is 12.4. The summed E-state index contributed by atoms with van der Waals surface area (Å²) in [6, 6.07) is -0.653. The molecule has 0 radical (unpaired) electrons. The van der Waals surface area contributed by atoms with Crippen molar-refractivity contribution >= 4 is 5.91 Å². The van der Waals surface area contributed by atoms with Crippen LogP contribution in [-0.4, -0.2) is 34.9 Å². The second-order valence-corrected chi connectivity index (χ2v) is 18.6. The molecule has 362 valence electrons. The standard InChI is InChI=1S/C58H107NO3/c1-3-5-7-9-11-13-15-17-19-21-23-24-25-26-27-28-29-30-31-32-33-34-35-36-37-39-41-43-45-47-49-51-53-57(61)56(55-60)59-58(62)54-52-50-48-46-44-42-40-38-22-20-18-16-14-12-10-8-6-4-2/h14,16,20,22,36-37,43,45,51,53,56-57,60-61H,3-13,15,17-19,21,23-35,38-42,44,46-50,52,54-55H2,1-2H3,(H,59,62)/b16-14-,22-20-,37-36+,45-43+,53-51+. The zero-order chi connectivity index (χ0) is 44.9. The minimum absolute atomic E-state index is 0.0855. The van der Waals surface area contributed by atoms with Crippen molar-refractivity contribution in [3.8, 4) is 0 Å². The maximum atomic E-state index is 12.4. The van der Waals surface area contributed by atoms with Crippen LogP contribution in [0.2, 0.25) is 0 Å². The lowest BCUT2D eigenvalue weighted by molar-refractivity contribution is -0.123. The zero-order valence-corrected chi connectivity index (χ0v) is 41.6. The third-order valence-electron chi connectivity index (χ3n) is 12.5. The van der Waals surface area contributed by atoms with Gasteiger partial charge in [-0.25, -0.2) is 0 Å². The molecule has 0 fully saturated rings. The van der Waals surface area contributed by atoms with E-state index in [1.54, 1.807) is 6.08 Å². The molecule has 0 saturated heterocycles. The molecule has 0 aromatic heterocycles. The van der Waals surface area contributed by atoms with E-state index in [0.29, 0.717) is 6.42 Å². The Balaban J connectivity index is 3.56. The SMILES string of the molecule is CCCCCC/C=C\C/C=C\CCCCCCCCCC(=O)NC(CO)C(O)/C=C/CC/C=C/CC/C=C/CCCCCCCCCCCCCCCCCCCCCCCC. The maximum Gasteiger partial charge on any atom is 0.220 e. The van der Waals surface area contributed by atoms with Crippen LogP contribution in [0.3, 0.4) is 0 Å². The number of allylic oxidation sites excluding steroid dienone is 9. The first-order valence-electron chi connectivity index (χ1n) is 27.5. The fraction of sp³-hybridized carbons (Fsp3) is 0.810. The molecule has 3 N–H and O–H groups in total. The summed E-state index contributed by atoms with van der Waals surface area (Å²) < 4.78 is 0. The van der Waals surface area contributed by atoms with Crippen LogP contribution in [0, 0.1) is 0 Å². The third kappa shape index (κ3) is 49.1. The average molecular weight is 866 g/mol. The summed E-state index contributed by atoms with van der Waals surface area (Å²) in [4.78, 5) is 12.4. The van der Waals surface area contributed by atoms with Crippen molar-refractivity contribution in [2.45, 2.75) is 296 Å². The smallest absolute Gasteiger partial charge is 0.220 e. The molecule has 0 aliphatic rings. The van der Waals surface area contributed by atoms with Crippen LogP contribution < -0.4 is 5.32 Å². The lowest BCUT2D eigenvalue weighted by Gasteiger charge is -2.19. The van der Waals surface area contributed by atoms with Gasteiger partial charge in [-0.05, 0) is 77.0 Å². The van der Waals surface area contributed by atoms with Crippen molar-refractivity contribution in [1.82, 2.24) is 5.32 Å². The summed E-state index contributed by atoms with van der Waals surface area (Å²) in [7, 11) is 0. The van der Waals surface area contributed by atoms with Gasteiger partial charge in [0.15, 0.2) is 0 Å². The van der Waals surface area contributed by atoms with Crippen LogP contribution in [-0.2, 0) is 4.79 Å². The van der Waals surface area contributed by atoms with Gasteiger partial charge in [0.1, 0.15) is 0 Å². The van der Waals surface area contributed by atoms with Crippen molar-refractivity contribution in [3.05, 3.63) is 60.8 Å². The highest BCUT2D eigenvalue weighted by Crippen LogP contribution is 2.16. The predicted octanol–water partition coefficient (Wildman–Crippen LogP) is 18.0. The Bertz CT molecular complexity index is 1030. The Morgan fingerprint density at radius 2 is 0.677 bits per heavy atom. The van der Waals surface area contributed by atoms with Crippen LogP contribution in [0.25, 0.3) is 0 Å². The second-order valence-electron chi connectivity index (χ2n) is 18.6. The lowest BCUT2D eigenvalue weighted by atomic mass is 10.0. The predicted molar refractivity (Wildman–Crippen MR) is 276 cm³/mol. The molecule has 0 heterocycles. The number of hydrogen-bond donors (Lipinski definition) is 3. The molecule has 0 aliphatic heterocycles. The van der Waals surface area contributed by atoms with Crippen LogP contribution in [0.1, 0.15) is 284 Å². The van der Waals surface area contributed by atoms with Gasteiger partial charge >= 0.3 is 0 Å². The van der Waals surface area contributed by atoms with Crippen LogP contribution in [0.4, 0.5) is 0 Å². The van der Waals surface area contributed by atoms with Crippen molar-refractivity contribution in [3.63, 3.8) is 0 Å². The minimum atomic E-state index is -0.877. The first-order chi connectivity index (χ1) is 30.7. The van der Waals surface area contributed by atoms with Gasteiger partial charge in [-0.15, -0.1) is 0 Å². The monoisotopic (exact) mass is 866 g/mol. The second kappa shape index (κ2) is 53.4. The number of aliphatic hydroxyl groups is 2. The van der Waals surface area contributed by atoms with Crippen molar-refractivity contribution in [1.29, 1.82) is 0 Å². The van der Waals surface area contributed by atoms with Crippen LogP contribution >= 0.6 is 0 Å². The van der Waals surface area contributed by atoms with E-state index in [0.717, 1.165) is 51.4 Å². The van der Waals surface area contributed by atoms with Crippen LogP contribution in [0.15, 0.2) is 60.8 Å². The Kier molecular flexibility index (Phi) is 51.8. The topological polar surface area (TPSA) is 69.6 Å². The molecule has 0 bridgehead atoms. The van der Waals surface area contributed by atoms with Gasteiger partial charge in [-0.1, -0.05) is 261 Å². The minimum Gasteiger partial charge on any atom is -0.394 e. The van der Waals surface area contributed by atoms with Gasteiger partial charge in [0.05, 0.1) is 18.8 Å². The van der Waals surface area contributed by atoms with E-state index in [2.05, 4.69) is 67.8 Å². The molecular formula is C58H107NO3. The number of carbonyl (C=O) groups excluding carboxylic acids is 1. The Morgan fingerprint density at radius 1 is 0.387 bits per heavy atom. The molecular weight excluding hydrogens is 759 g/mol. The van der Waals surface area contributed by atoms with E-state index >= 15 is 0 Å². The number of carbonyl (C=O) groups is 1. The number of hydrogen-bond acceptors (Lipinski definition) is 3. The van der Waals surface area contributed by atoms with Crippen molar-refractivity contribution in [2.75, 3.05) is 6.61 Å². The van der Waals surface area contributed by atoms with Gasteiger partial charge in [0.2, 0.25) is 5.91 Å². The van der Waals surface area contributed by atoms with Gasteiger partial charge in [-0.2, -0.15) is 0 Å². The van der Waals surface area contributed by atoms with Crippen molar-refractivity contribution in [2.24, 2.45) is 0 Å². The highest BCUT2D eigenvalue weighted by molar-refractivity contribution is 5.76. The first-order valence-corrected chi connectivity index (χ1v) is 27.5. The molecule has 0 saturated carbocycles. The normalized spacial score (nSPS) is 13.3. The van der Waals surface area contributed by atoms with Gasteiger partial charge in [-0.3, -0.25) is 4.79 Å². The third-order valence-corrected chi connectivity index (χ3v) is 12.5. The summed E-state index contributed by atoms with van der Waals surface area (Å²) in [6.07, 6.45) is 75.3.